The van der Waals surface area contributed by atoms with Gasteiger partial charge in [-0.2, -0.15) is 5.10 Å². The van der Waals surface area contributed by atoms with Crippen molar-refractivity contribution in [2.45, 2.75) is 6.61 Å². The number of aromatic amines is 1. The van der Waals surface area contributed by atoms with Gasteiger partial charge >= 0.3 is 0 Å². The first-order chi connectivity index (χ1) is 12.2. The summed E-state index contributed by atoms with van der Waals surface area (Å²) in [5, 5.41) is 18.6. The molecule has 0 spiro atoms. The van der Waals surface area contributed by atoms with Crippen LogP contribution in [-0.4, -0.2) is 21.2 Å². The molecule has 0 aliphatic heterocycles. The maximum absolute atomic E-state index is 12.5. The molecule has 0 aliphatic carbocycles. The van der Waals surface area contributed by atoms with E-state index in [1.54, 1.807) is 36.7 Å². The van der Waals surface area contributed by atoms with E-state index >= 15 is 0 Å². The van der Waals surface area contributed by atoms with E-state index < -0.39 is 0 Å². The Morgan fingerprint density at radius 1 is 1.12 bits per heavy atom. The molecule has 1 amide bonds. The highest BCUT2D eigenvalue weighted by atomic mass is 16.3. The minimum absolute atomic E-state index is 0.0445. The van der Waals surface area contributed by atoms with Crippen LogP contribution in [0.15, 0.2) is 67.1 Å². The van der Waals surface area contributed by atoms with Gasteiger partial charge in [0.1, 0.15) is 0 Å². The molecule has 0 radical (unpaired) electrons. The van der Waals surface area contributed by atoms with Crippen LogP contribution in [0.3, 0.4) is 0 Å². The van der Waals surface area contributed by atoms with Crippen molar-refractivity contribution in [1.82, 2.24) is 10.2 Å². The third-order valence-electron chi connectivity index (χ3n) is 3.83. The number of rotatable bonds is 5. The minimum Gasteiger partial charge on any atom is -0.404 e. The summed E-state index contributed by atoms with van der Waals surface area (Å²) in [6, 6.07) is 14.5. The summed E-state index contributed by atoms with van der Waals surface area (Å²) in [5.74, 6) is -0.296. The molecule has 0 atom stereocenters. The molecule has 126 valence electrons. The number of hydrogen-bond acceptors (Lipinski definition) is 4. The molecule has 0 unspecified atom stereocenters. The lowest BCUT2D eigenvalue weighted by Gasteiger charge is -2.10. The first-order valence-corrected chi connectivity index (χ1v) is 7.74. The lowest BCUT2D eigenvalue weighted by Crippen LogP contribution is -2.14. The SMILES string of the molecule is NC=C(C(=O)Nc1ccc(-c2cn[nH]c2)cc1)c1ccc(CO)cc1. The second-order valence-corrected chi connectivity index (χ2v) is 5.45. The van der Waals surface area contributed by atoms with Crippen molar-refractivity contribution in [1.29, 1.82) is 0 Å². The van der Waals surface area contributed by atoms with Gasteiger partial charge in [0.05, 0.1) is 18.4 Å². The molecule has 3 aromatic rings. The van der Waals surface area contributed by atoms with Crippen molar-refractivity contribution in [3.8, 4) is 11.1 Å². The van der Waals surface area contributed by atoms with Crippen LogP contribution >= 0.6 is 0 Å². The van der Waals surface area contributed by atoms with Gasteiger partial charge in [-0.1, -0.05) is 36.4 Å². The molecule has 0 bridgehead atoms. The summed E-state index contributed by atoms with van der Waals surface area (Å²) in [4.78, 5) is 12.5. The van der Waals surface area contributed by atoms with E-state index in [1.165, 1.54) is 6.20 Å². The fourth-order valence-corrected chi connectivity index (χ4v) is 2.45. The molecule has 0 aliphatic rings. The molecule has 0 fully saturated rings. The van der Waals surface area contributed by atoms with Gasteiger partial charge in [-0.25, -0.2) is 0 Å². The summed E-state index contributed by atoms with van der Waals surface area (Å²) in [7, 11) is 0. The highest BCUT2D eigenvalue weighted by Crippen LogP contribution is 2.22. The van der Waals surface area contributed by atoms with Crippen LogP contribution in [0.4, 0.5) is 5.69 Å². The van der Waals surface area contributed by atoms with Gasteiger partial charge in [-0.05, 0) is 28.8 Å². The molecule has 2 aromatic carbocycles. The van der Waals surface area contributed by atoms with Gasteiger partial charge in [0.2, 0.25) is 0 Å². The van der Waals surface area contributed by atoms with E-state index in [1.807, 2.05) is 24.3 Å². The van der Waals surface area contributed by atoms with Gasteiger partial charge in [-0.15, -0.1) is 0 Å². The summed E-state index contributed by atoms with van der Waals surface area (Å²) >= 11 is 0. The predicted molar refractivity (Wildman–Crippen MR) is 97.2 cm³/mol. The largest absolute Gasteiger partial charge is 0.404 e. The fraction of sp³-hybridized carbons (Fsp3) is 0.0526. The van der Waals surface area contributed by atoms with E-state index in [-0.39, 0.29) is 12.5 Å². The zero-order chi connectivity index (χ0) is 17.6. The zero-order valence-corrected chi connectivity index (χ0v) is 13.4. The molecule has 1 aromatic heterocycles. The van der Waals surface area contributed by atoms with Crippen molar-refractivity contribution in [2.24, 2.45) is 5.73 Å². The Hall–Kier alpha value is -3.38. The second kappa shape index (κ2) is 7.46. The smallest absolute Gasteiger partial charge is 0.257 e. The highest BCUT2D eigenvalue weighted by Gasteiger charge is 2.12. The number of nitrogens with two attached hydrogens (primary N) is 1. The average Bonchev–Trinajstić information content (AvgIpc) is 3.18. The number of carbonyl (C=O) groups excluding carboxylic acids is 1. The summed E-state index contributed by atoms with van der Waals surface area (Å²) < 4.78 is 0. The summed E-state index contributed by atoms with van der Waals surface area (Å²) in [6.45, 7) is -0.0445. The van der Waals surface area contributed by atoms with Gasteiger partial charge in [0.25, 0.3) is 5.91 Å². The third kappa shape index (κ3) is 3.76. The molecular formula is C19H18N4O2. The van der Waals surface area contributed by atoms with Crippen molar-refractivity contribution in [2.75, 3.05) is 5.32 Å². The van der Waals surface area contributed by atoms with Crippen LogP contribution < -0.4 is 11.1 Å². The normalized spacial score (nSPS) is 11.3. The quantitative estimate of drug-likeness (QED) is 0.538. The number of aromatic nitrogens is 2. The van der Waals surface area contributed by atoms with Gasteiger partial charge in [-0.3, -0.25) is 9.89 Å². The van der Waals surface area contributed by atoms with Crippen LogP contribution in [0.1, 0.15) is 11.1 Å². The van der Waals surface area contributed by atoms with Crippen LogP contribution in [0.2, 0.25) is 0 Å². The molecule has 0 saturated carbocycles. The Kier molecular flexibility index (Phi) is 4.92. The standard InChI is InChI=1S/C19H18N4O2/c20-9-18(15-3-1-13(12-24)2-4-15)19(25)23-17-7-5-14(6-8-17)16-10-21-22-11-16/h1-11,24H,12,20H2,(H,21,22)(H,23,25). The Morgan fingerprint density at radius 2 is 1.84 bits per heavy atom. The number of amides is 1. The molecule has 6 heteroatoms. The van der Waals surface area contributed by atoms with E-state index in [0.29, 0.717) is 16.8 Å². The van der Waals surface area contributed by atoms with Crippen molar-refractivity contribution < 1.29 is 9.90 Å². The lowest BCUT2D eigenvalue weighted by atomic mass is 10.0. The number of anilines is 1. The monoisotopic (exact) mass is 334 g/mol. The second-order valence-electron chi connectivity index (χ2n) is 5.45. The Labute approximate surface area is 145 Å². The van der Waals surface area contributed by atoms with Gasteiger partial charge in [0.15, 0.2) is 0 Å². The number of carbonyl (C=O) groups is 1. The molecule has 6 nitrogen and oxygen atoms in total. The lowest BCUT2D eigenvalue weighted by molar-refractivity contribution is -0.111. The van der Waals surface area contributed by atoms with Gasteiger partial charge in [0, 0.05) is 23.6 Å². The number of aliphatic hydroxyl groups is 1. The fourth-order valence-electron chi connectivity index (χ4n) is 2.45. The zero-order valence-electron chi connectivity index (χ0n) is 13.4. The number of hydrogen-bond donors (Lipinski definition) is 4. The highest BCUT2D eigenvalue weighted by molar-refractivity contribution is 6.25. The number of aliphatic hydroxyl groups excluding tert-OH is 1. The van der Waals surface area contributed by atoms with E-state index in [2.05, 4.69) is 15.5 Å². The molecule has 0 saturated heterocycles. The maximum Gasteiger partial charge on any atom is 0.257 e. The predicted octanol–water partition coefficient (Wildman–Crippen LogP) is 2.51. The van der Waals surface area contributed by atoms with Crippen LogP contribution in [0, 0.1) is 0 Å². The van der Waals surface area contributed by atoms with Crippen LogP contribution in [-0.2, 0) is 11.4 Å². The number of benzene rings is 2. The molecule has 25 heavy (non-hydrogen) atoms. The molecule has 5 N–H and O–H groups in total. The van der Waals surface area contributed by atoms with Gasteiger partial charge < -0.3 is 16.2 Å². The van der Waals surface area contributed by atoms with E-state index in [4.69, 9.17) is 10.8 Å². The molecule has 1 heterocycles. The van der Waals surface area contributed by atoms with E-state index in [0.717, 1.165) is 16.7 Å². The molecular weight excluding hydrogens is 316 g/mol. The van der Waals surface area contributed by atoms with Crippen LogP contribution in [0.5, 0.6) is 0 Å². The Morgan fingerprint density at radius 3 is 2.40 bits per heavy atom. The summed E-state index contributed by atoms with van der Waals surface area (Å²) in [5.41, 5.74) is 10.1. The van der Waals surface area contributed by atoms with Crippen LogP contribution in [0.25, 0.3) is 16.7 Å². The number of nitrogens with zero attached hydrogens (tertiary/aromatic N) is 1. The first kappa shape index (κ1) is 16.5. The number of H-pyrrole nitrogens is 1. The third-order valence-corrected chi connectivity index (χ3v) is 3.83. The topological polar surface area (TPSA) is 104 Å². The van der Waals surface area contributed by atoms with Crippen molar-refractivity contribution in [3.05, 3.63) is 78.3 Å². The Balaban J connectivity index is 1.73. The number of nitrogens with one attached hydrogen (secondary N) is 2. The molecule has 3 rings (SSSR count). The first-order valence-electron chi connectivity index (χ1n) is 7.74. The maximum atomic E-state index is 12.5. The van der Waals surface area contributed by atoms with Crippen molar-refractivity contribution >= 4 is 17.2 Å². The average molecular weight is 334 g/mol. The van der Waals surface area contributed by atoms with E-state index in [9.17, 15) is 4.79 Å². The minimum atomic E-state index is -0.296. The summed E-state index contributed by atoms with van der Waals surface area (Å²) in [6.07, 6.45) is 4.82. The van der Waals surface area contributed by atoms with Crippen molar-refractivity contribution in [3.63, 3.8) is 0 Å². The Bertz CT molecular complexity index is 867.